The molecule has 56 valence electrons. The zero-order valence-corrected chi connectivity index (χ0v) is 6.19. The Morgan fingerprint density at radius 1 is 1.40 bits per heavy atom. The number of rotatable bonds is 0. The lowest BCUT2D eigenvalue weighted by Crippen LogP contribution is -2.42. The molecule has 2 bridgehead atoms. The maximum absolute atomic E-state index is 3.74. The van der Waals surface area contributed by atoms with Crippen molar-refractivity contribution in [1.29, 1.82) is 0 Å². The lowest BCUT2D eigenvalue weighted by atomic mass is 9.81. The van der Waals surface area contributed by atoms with Crippen LogP contribution in [0.4, 0.5) is 0 Å². The molecular weight excluding hydrogens is 124 g/mol. The lowest BCUT2D eigenvalue weighted by molar-refractivity contribution is 0.341. The van der Waals surface area contributed by atoms with Crippen LogP contribution in [0.15, 0.2) is 0 Å². The maximum Gasteiger partial charge on any atom is 0.0350 e. The second kappa shape index (κ2) is 1.56. The van der Waals surface area contributed by atoms with Crippen LogP contribution in [0.1, 0.15) is 19.3 Å². The van der Waals surface area contributed by atoms with Crippen molar-refractivity contribution in [3.63, 3.8) is 0 Å². The Bertz CT molecular complexity index is 165. The summed E-state index contributed by atoms with van der Waals surface area (Å²) in [4.78, 5) is 0. The Hall–Kier alpha value is -0.0800. The van der Waals surface area contributed by atoms with Crippen LogP contribution >= 0.6 is 0 Å². The second-order valence-electron chi connectivity index (χ2n) is 4.10. The molecule has 3 saturated heterocycles. The summed E-state index contributed by atoms with van der Waals surface area (Å²) >= 11 is 0. The molecule has 10 heavy (non-hydrogen) atoms. The summed E-state index contributed by atoms with van der Waals surface area (Å²) < 4.78 is 0. The van der Waals surface area contributed by atoms with Gasteiger partial charge >= 0.3 is 0 Å². The van der Waals surface area contributed by atoms with E-state index in [0.29, 0.717) is 5.54 Å². The predicted octanol–water partition coefficient (Wildman–Crippen LogP) is 0.100. The molecule has 3 aliphatic heterocycles. The second-order valence-corrected chi connectivity index (χ2v) is 4.10. The molecule has 0 aliphatic carbocycles. The van der Waals surface area contributed by atoms with Gasteiger partial charge in [0, 0.05) is 18.1 Å². The van der Waals surface area contributed by atoms with Crippen molar-refractivity contribution in [3.05, 3.63) is 0 Å². The van der Waals surface area contributed by atoms with Crippen LogP contribution in [0, 0.1) is 5.92 Å². The zero-order valence-electron chi connectivity index (χ0n) is 6.19. The van der Waals surface area contributed by atoms with Crippen molar-refractivity contribution < 1.29 is 0 Å². The molecule has 3 heterocycles. The van der Waals surface area contributed by atoms with Gasteiger partial charge < -0.3 is 10.6 Å². The van der Waals surface area contributed by atoms with Gasteiger partial charge in [-0.15, -0.1) is 0 Å². The summed E-state index contributed by atoms with van der Waals surface area (Å²) in [5.41, 5.74) is 0.560. The molecule has 0 radical (unpaired) electrons. The average Bonchev–Trinajstić information content (AvgIpc) is 2.48. The van der Waals surface area contributed by atoms with Crippen LogP contribution in [0.5, 0.6) is 0 Å². The van der Waals surface area contributed by atoms with Crippen LogP contribution in [-0.4, -0.2) is 24.7 Å². The van der Waals surface area contributed by atoms with Gasteiger partial charge in [-0.2, -0.15) is 0 Å². The lowest BCUT2D eigenvalue weighted by Gasteiger charge is -2.25. The number of nitrogens with one attached hydrogen (secondary N) is 2. The van der Waals surface area contributed by atoms with Gasteiger partial charge in [-0.1, -0.05) is 0 Å². The first-order valence-corrected chi connectivity index (χ1v) is 4.37. The van der Waals surface area contributed by atoms with Gasteiger partial charge in [0.2, 0.25) is 0 Å². The SMILES string of the molecule is C1CC23CNCC2CC1N3. The van der Waals surface area contributed by atoms with E-state index < -0.39 is 0 Å². The maximum atomic E-state index is 3.74. The first-order valence-electron chi connectivity index (χ1n) is 4.37. The molecule has 3 rings (SSSR count). The summed E-state index contributed by atoms with van der Waals surface area (Å²) in [7, 11) is 0. The molecule has 0 aromatic carbocycles. The van der Waals surface area contributed by atoms with E-state index >= 15 is 0 Å². The highest BCUT2D eigenvalue weighted by atomic mass is 15.2. The fourth-order valence-corrected chi connectivity index (χ4v) is 3.08. The van der Waals surface area contributed by atoms with Gasteiger partial charge in [0.05, 0.1) is 0 Å². The van der Waals surface area contributed by atoms with E-state index in [9.17, 15) is 0 Å². The molecule has 1 spiro atoms. The summed E-state index contributed by atoms with van der Waals surface area (Å²) in [5, 5.41) is 7.22. The molecule has 3 atom stereocenters. The Balaban J connectivity index is 1.99. The first kappa shape index (κ1) is 5.56. The van der Waals surface area contributed by atoms with Crippen LogP contribution in [0.3, 0.4) is 0 Å². The summed E-state index contributed by atoms with van der Waals surface area (Å²) in [5.74, 6) is 0.964. The molecule has 0 aromatic heterocycles. The molecule has 3 unspecified atom stereocenters. The van der Waals surface area contributed by atoms with E-state index in [1.165, 1.54) is 32.4 Å². The van der Waals surface area contributed by atoms with Gasteiger partial charge in [0.25, 0.3) is 0 Å². The third-order valence-electron chi connectivity index (χ3n) is 3.61. The minimum Gasteiger partial charge on any atom is -0.315 e. The van der Waals surface area contributed by atoms with Gasteiger partial charge in [-0.05, 0) is 31.7 Å². The standard InChI is InChI=1S/C8H14N2/c1-2-8-5-9-4-6(8)3-7(1)10-8/h6-7,9-10H,1-5H2. The highest BCUT2D eigenvalue weighted by molar-refractivity contribution is 5.14. The minimum absolute atomic E-state index is 0.560. The fourth-order valence-electron chi connectivity index (χ4n) is 3.08. The van der Waals surface area contributed by atoms with Crippen LogP contribution in [0.2, 0.25) is 0 Å². The van der Waals surface area contributed by atoms with Gasteiger partial charge in [0.15, 0.2) is 0 Å². The first-order chi connectivity index (χ1) is 4.89. The van der Waals surface area contributed by atoms with Crippen molar-refractivity contribution in [2.45, 2.75) is 30.8 Å². The molecule has 2 heteroatoms. The van der Waals surface area contributed by atoms with E-state index in [2.05, 4.69) is 10.6 Å². The molecular formula is C8H14N2. The Labute approximate surface area is 61.4 Å². The average molecular weight is 138 g/mol. The number of hydrogen-bond donors (Lipinski definition) is 2. The summed E-state index contributed by atoms with van der Waals surface area (Å²) in [6, 6.07) is 0.882. The Kier molecular flexibility index (Phi) is 0.868. The van der Waals surface area contributed by atoms with E-state index in [0.717, 1.165) is 12.0 Å². The van der Waals surface area contributed by atoms with Crippen molar-refractivity contribution in [1.82, 2.24) is 10.6 Å². The van der Waals surface area contributed by atoms with Gasteiger partial charge in [0.1, 0.15) is 0 Å². The summed E-state index contributed by atoms with van der Waals surface area (Å²) in [6.07, 6.45) is 4.29. The number of hydrogen-bond acceptors (Lipinski definition) is 2. The molecule has 0 saturated carbocycles. The molecule has 3 aliphatic rings. The van der Waals surface area contributed by atoms with E-state index in [1.807, 2.05) is 0 Å². The monoisotopic (exact) mass is 138 g/mol. The number of fused-ring (bicyclic) bond motifs is 1. The molecule has 2 nitrogen and oxygen atoms in total. The molecule has 3 fully saturated rings. The fraction of sp³-hybridized carbons (Fsp3) is 1.00. The van der Waals surface area contributed by atoms with Gasteiger partial charge in [-0.25, -0.2) is 0 Å². The Morgan fingerprint density at radius 2 is 2.40 bits per heavy atom. The molecule has 0 aromatic rings. The summed E-state index contributed by atoms with van der Waals surface area (Å²) in [6.45, 7) is 2.50. The predicted molar refractivity (Wildman–Crippen MR) is 39.9 cm³/mol. The largest absolute Gasteiger partial charge is 0.315 e. The minimum atomic E-state index is 0.560. The van der Waals surface area contributed by atoms with E-state index in [4.69, 9.17) is 0 Å². The topological polar surface area (TPSA) is 24.1 Å². The highest BCUT2D eigenvalue weighted by Crippen LogP contribution is 2.43. The van der Waals surface area contributed by atoms with Gasteiger partial charge in [-0.3, -0.25) is 0 Å². The van der Waals surface area contributed by atoms with E-state index in [-0.39, 0.29) is 0 Å². The van der Waals surface area contributed by atoms with Crippen LogP contribution in [0.25, 0.3) is 0 Å². The van der Waals surface area contributed by atoms with Crippen molar-refractivity contribution >= 4 is 0 Å². The third kappa shape index (κ3) is 0.487. The van der Waals surface area contributed by atoms with Crippen LogP contribution < -0.4 is 10.6 Å². The Morgan fingerprint density at radius 3 is 3.20 bits per heavy atom. The van der Waals surface area contributed by atoms with Crippen molar-refractivity contribution in [2.24, 2.45) is 5.92 Å². The smallest absolute Gasteiger partial charge is 0.0350 e. The third-order valence-corrected chi connectivity index (χ3v) is 3.61. The molecule has 0 amide bonds. The molecule has 2 N–H and O–H groups in total. The van der Waals surface area contributed by atoms with E-state index in [1.54, 1.807) is 0 Å². The highest BCUT2D eigenvalue weighted by Gasteiger charge is 2.53. The van der Waals surface area contributed by atoms with Crippen molar-refractivity contribution in [3.8, 4) is 0 Å². The normalized spacial score (nSPS) is 57.6. The van der Waals surface area contributed by atoms with Crippen molar-refractivity contribution in [2.75, 3.05) is 13.1 Å². The zero-order chi connectivity index (χ0) is 6.60. The quantitative estimate of drug-likeness (QED) is 0.496. The van der Waals surface area contributed by atoms with Crippen LogP contribution in [-0.2, 0) is 0 Å².